The van der Waals surface area contributed by atoms with E-state index in [4.69, 9.17) is 14.2 Å². The van der Waals surface area contributed by atoms with Gasteiger partial charge in [0.05, 0.1) is 20.8 Å². The molecule has 142 valence electrons. The highest BCUT2D eigenvalue weighted by Crippen LogP contribution is 2.26. The van der Waals surface area contributed by atoms with Crippen LogP contribution in [-0.4, -0.2) is 39.2 Å². The number of rotatable bonds is 8. The molecule has 1 N–H and O–H groups in total. The van der Waals surface area contributed by atoms with E-state index in [1.54, 1.807) is 21.1 Å². The fraction of sp³-hybridized carbons (Fsp3) is 0.238. The van der Waals surface area contributed by atoms with Gasteiger partial charge in [0, 0.05) is 6.08 Å². The molecule has 0 bridgehead atoms. The summed E-state index contributed by atoms with van der Waals surface area (Å²) < 4.78 is 15.2. The van der Waals surface area contributed by atoms with Crippen LogP contribution in [0.15, 0.2) is 54.6 Å². The summed E-state index contributed by atoms with van der Waals surface area (Å²) in [6.07, 6.45) is 1.46. The number of nitrogens with one attached hydrogen (secondary N) is 1. The largest absolute Gasteiger partial charge is 0.497 e. The lowest BCUT2D eigenvalue weighted by molar-refractivity contribution is -0.143. The summed E-state index contributed by atoms with van der Waals surface area (Å²) in [6.45, 7) is 1.81. The standard InChI is InChI=1S/C21H23NO5/c1-4-27-21(24)14-22-20(23)13-19(15-5-9-17(25-2)10-6-15)16-7-11-18(26-3)12-8-16/h5-13H,4,14H2,1-3H3,(H,22,23). The lowest BCUT2D eigenvalue weighted by Gasteiger charge is -2.11. The Morgan fingerprint density at radius 1 is 0.889 bits per heavy atom. The van der Waals surface area contributed by atoms with Crippen molar-refractivity contribution in [1.82, 2.24) is 5.32 Å². The maximum atomic E-state index is 12.3. The Hall–Kier alpha value is -3.28. The Bertz CT molecular complexity index is 745. The number of hydrogen-bond acceptors (Lipinski definition) is 5. The lowest BCUT2D eigenvalue weighted by Crippen LogP contribution is -2.29. The number of carbonyl (C=O) groups excluding carboxylic acids is 2. The van der Waals surface area contributed by atoms with Gasteiger partial charge in [-0.05, 0) is 47.9 Å². The van der Waals surface area contributed by atoms with Gasteiger partial charge in [0.2, 0.25) is 5.91 Å². The average molecular weight is 369 g/mol. The minimum absolute atomic E-state index is 0.179. The summed E-state index contributed by atoms with van der Waals surface area (Å²) >= 11 is 0. The zero-order valence-corrected chi connectivity index (χ0v) is 15.7. The molecule has 0 atom stereocenters. The Labute approximate surface area is 158 Å². The summed E-state index contributed by atoms with van der Waals surface area (Å²) in [6, 6.07) is 14.8. The Morgan fingerprint density at radius 2 is 1.37 bits per heavy atom. The lowest BCUT2D eigenvalue weighted by atomic mass is 9.97. The van der Waals surface area contributed by atoms with Gasteiger partial charge < -0.3 is 19.5 Å². The van der Waals surface area contributed by atoms with Crippen LogP contribution in [0.3, 0.4) is 0 Å². The third-order valence-electron chi connectivity index (χ3n) is 3.79. The SMILES string of the molecule is CCOC(=O)CNC(=O)C=C(c1ccc(OC)cc1)c1ccc(OC)cc1. The highest BCUT2D eigenvalue weighted by Gasteiger charge is 2.10. The topological polar surface area (TPSA) is 73.9 Å². The fourth-order valence-electron chi connectivity index (χ4n) is 2.43. The van der Waals surface area contributed by atoms with Gasteiger partial charge in [-0.15, -0.1) is 0 Å². The van der Waals surface area contributed by atoms with E-state index in [1.807, 2.05) is 48.5 Å². The van der Waals surface area contributed by atoms with Gasteiger partial charge in [0.15, 0.2) is 0 Å². The van der Waals surface area contributed by atoms with Crippen molar-refractivity contribution in [3.8, 4) is 11.5 Å². The van der Waals surface area contributed by atoms with Crippen LogP contribution in [0.4, 0.5) is 0 Å². The van der Waals surface area contributed by atoms with Crippen molar-refractivity contribution in [3.63, 3.8) is 0 Å². The summed E-state index contributed by atoms with van der Waals surface area (Å²) in [5, 5.41) is 2.54. The van der Waals surface area contributed by atoms with Gasteiger partial charge in [-0.3, -0.25) is 9.59 Å². The molecule has 0 radical (unpaired) electrons. The summed E-state index contributed by atoms with van der Waals surface area (Å²) in [5.41, 5.74) is 2.39. The molecule has 0 saturated carbocycles. The van der Waals surface area contributed by atoms with Crippen molar-refractivity contribution in [2.45, 2.75) is 6.92 Å². The van der Waals surface area contributed by atoms with E-state index in [0.29, 0.717) is 5.57 Å². The second-order valence-corrected chi connectivity index (χ2v) is 5.54. The number of hydrogen-bond donors (Lipinski definition) is 1. The van der Waals surface area contributed by atoms with Crippen LogP contribution in [0.2, 0.25) is 0 Å². The number of benzene rings is 2. The van der Waals surface area contributed by atoms with Crippen LogP contribution in [0.5, 0.6) is 11.5 Å². The third-order valence-corrected chi connectivity index (χ3v) is 3.79. The molecule has 0 spiro atoms. The van der Waals surface area contributed by atoms with Gasteiger partial charge in [-0.1, -0.05) is 24.3 Å². The molecule has 0 aliphatic rings. The number of methoxy groups -OCH3 is 2. The van der Waals surface area contributed by atoms with Crippen LogP contribution in [0.1, 0.15) is 18.1 Å². The second-order valence-electron chi connectivity index (χ2n) is 5.54. The van der Waals surface area contributed by atoms with Crippen LogP contribution in [0, 0.1) is 0 Å². The van der Waals surface area contributed by atoms with Gasteiger partial charge in [0.1, 0.15) is 18.0 Å². The first-order chi connectivity index (χ1) is 13.1. The highest BCUT2D eigenvalue weighted by molar-refractivity contribution is 6.00. The van der Waals surface area contributed by atoms with Crippen molar-refractivity contribution in [2.75, 3.05) is 27.4 Å². The molecule has 0 saturated heterocycles. The summed E-state index contributed by atoms with van der Waals surface area (Å²) in [5.74, 6) is 0.582. The maximum absolute atomic E-state index is 12.3. The smallest absolute Gasteiger partial charge is 0.325 e. The van der Waals surface area contributed by atoms with Gasteiger partial charge in [0.25, 0.3) is 0 Å². The van der Waals surface area contributed by atoms with Crippen LogP contribution in [-0.2, 0) is 14.3 Å². The molecule has 0 heterocycles. The first-order valence-corrected chi connectivity index (χ1v) is 8.51. The fourth-order valence-corrected chi connectivity index (χ4v) is 2.43. The molecule has 0 aromatic heterocycles. The van der Waals surface area contributed by atoms with Crippen molar-refractivity contribution in [3.05, 3.63) is 65.7 Å². The van der Waals surface area contributed by atoms with E-state index in [1.165, 1.54) is 6.08 Å². The van der Waals surface area contributed by atoms with E-state index in [2.05, 4.69) is 5.32 Å². The molecule has 27 heavy (non-hydrogen) atoms. The minimum Gasteiger partial charge on any atom is -0.497 e. The van der Waals surface area contributed by atoms with E-state index in [9.17, 15) is 9.59 Å². The summed E-state index contributed by atoms with van der Waals surface area (Å²) in [4.78, 5) is 23.7. The Morgan fingerprint density at radius 3 is 1.78 bits per heavy atom. The number of esters is 1. The molecule has 1 amide bonds. The average Bonchev–Trinajstić information content (AvgIpc) is 2.71. The quantitative estimate of drug-likeness (QED) is 0.572. The van der Waals surface area contributed by atoms with Crippen molar-refractivity contribution < 1.29 is 23.8 Å². The molecule has 0 aliphatic heterocycles. The first kappa shape index (κ1) is 20.0. The number of ether oxygens (including phenoxy) is 3. The van der Waals surface area contributed by atoms with Gasteiger partial charge in [-0.25, -0.2) is 0 Å². The summed E-state index contributed by atoms with van der Waals surface area (Å²) in [7, 11) is 3.19. The van der Waals surface area contributed by atoms with E-state index in [-0.39, 0.29) is 19.1 Å². The molecule has 0 unspecified atom stereocenters. The predicted molar refractivity (Wildman–Crippen MR) is 103 cm³/mol. The molecular weight excluding hydrogens is 346 g/mol. The molecule has 0 fully saturated rings. The zero-order valence-electron chi connectivity index (χ0n) is 15.7. The Balaban J connectivity index is 2.29. The van der Waals surface area contributed by atoms with Crippen molar-refractivity contribution in [2.24, 2.45) is 0 Å². The van der Waals surface area contributed by atoms with Crippen molar-refractivity contribution >= 4 is 17.4 Å². The molecule has 2 rings (SSSR count). The number of carbonyl (C=O) groups is 2. The van der Waals surface area contributed by atoms with Crippen LogP contribution < -0.4 is 14.8 Å². The van der Waals surface area contributed by atoms with Crippen molar-refractivity contribution in [1.29, 1.82) is 0 Å². The van der Waals surface area contributed by atoms with Gasteiger partial charge >= 0.3 is 5.97 Å². The molecule has 0 aliphatic carbocycles. The van der Waals surface area contributed by atoms with E-state index < -0.39 is 5.97 Å². The molecule has 6 nitrogen and oxygen atoms in total. The van der Waals surface area contributed by atoms with Crippen LogP contribution >= 0.6 is 0 Å². The third kappa shape index (κ3) is 5.88. The van der Waals surface area contributed by atoms with E-state index >= 15 is 0 Å². The number of amides is 1. The van der Waals surface area contributed by atoms with E-state index in [0.717, 1.165) is 22.6 Å². The Kier molecular flexibility index (Phi) is 7.43. The molecular formula is C21H23NO5. The zero-order chi connectivity index (χ0) is 19.6. The maximum Gasteiger partial charge on any atom is 0.325 e. The normalized spacial score (nSPS) is 9.89. The van der Waals surface area contributed by atoms with Gasteiger partial charge in [-0.2, -0.15) is 0 Å². The molecule has 6 heteroatoms. The monoisotopic (exact) mass is 369 g/mol. The minimum atomic E-state index is -0.477. The molecule has 2 aromatic rings. The first-order valence-electron chi connectivity index (χ1n) is 8.51. The second kappa shape index (κ2) is 10.0. The predicted octanol–water partition coefficient (Wildman–Crippen LogP) is 2.81. The highest BCUT2D eigenvalue weighted by atomic mass is 16.5. The molecule has 2 aromatic carbocycles. The van der Waals surface area contributed by atoms with Crippen LogP contribution in [0.25, 0.3) is 5.57 Å².